The molecule has 80 valence electrons. The molecule has 0 saturated heterocycles. The molecule has 1 nitrogen and oxygen atoms in total. The molecule has 13 heavy (non-hydrogen) atoms. The van der Waals surface area contributed by atoms with Crippen molar-refractivity contribution in [3.05, 3.63) is 0 Å². The SMILES string of the molecule is CCC(CC)CNC(C)(C)CCBr. The minimum atomic E-state index is 0.284. The smallest absolute Gasteiger partial charge is 0.0133 e. The monoisotopic (exact) mass is 249 g/mol. The molecule has 0 saturated carbocycles. The number of alkyl halides is 1. The van der Waals surface area contributed by atoms with Crippen LogP contribution in [-0.4, -0.2) is 17.4 Å². The molecule has 0 spiro atoms. The minimum Gasteiger partial charge on any atom is -0.311 e. The molecule has 0 amide bonds. The molecule has 0 aliphatic rings. The van der Waals surface area contributed by atoms with Crippen molar-refractivity contribution < 1.29 is 0 Å². The van der Waals surface area contributed by atoms with Crippen molar-refractivity contribution in [3.8, 4) is 0 Å². The highest BCUT2D eigenvalue weighted by molar-refractivity contribution is 9.09. The molecule has 2 heteroatoms. The van der Waals surface area contributed by atoms with Crippen LogP contribution in [0, 0.1) is 5.92 Å². The summed E-state index contributed by atoms with van der Waals surface area (Å²) in [5.74, 6) is 0.842. The van der Waals surface area contributed by atoms with Crippen LogP contribution >= 0.6 is 15.9 Å². The van der Waals surface area contributed by atoms with Crippen LogP contribution in [0.1, 0.15) is 47.0 Å². The molecule has 0 radical (unpaired) electrons. The van der Waals surface area contributed by atoms with E-state index in [0.29, 0.717) is 0 Å². The molecule has 0 rings (SSSR count). The van der Waals surface area contributed by atoms with Gasteiger partial charge in [-0.2, -0.15) is 0 Å². The highest BCUT2D eigenvalue weighted by atomic mass is 79.9. The molecule has 0 aromatic rings. The number of hydrogen-bond donors (Lipinski definition) is 1. The van der Waals surface area contributed by atoms with Crippen LogP contribution in [0.4, 0.5) is 0 Å². The lowest BCUT2D eigenvalue weighted by Gasteiger charge is -2.28. The van der Waals surface area contributed by atoms with E-state index in [4.69, 9.17) is 0 Å². The topological polar surface area (TPSA) is 12.0 Å². The Kier molecular flexibility index (Phi) is 7.06. The van der Waals surface area contributed by atoms with Crippen molar-refractivity contribution in [2.24, 2.45) is 5.92 Å². The number of nitrogens with one attached hydrogen (secondary N) is 1. The van der Waals surface area contributed by atoms with Crippen LogP contribution in [0.5, 0.6) is 0 Å². The maximum Gasteiger partial charge on any atom is 0.0133 e. The van der Waals surface area contributed by atoms with Gasteiger partial charge in [0.25, 0.3) is 0 Å². The fourth-order valence-electron chi connectivity index (χ4n) is 1.32. The Balaban J connectivity index is 3.71. The van der Waals surface area contributed by atoms with E-state index in [1.54, 1.807) is 0 Å². The van der Waals surface area contributed by atoms with E-state index in [9.17, 15) is 0 Å². The predicted octanol–water partition coefficient (Wildman–Crippen LogP) is 3.58. The molecule has 0 unspecified atom stereocenters. The normalized spacial score (nSPS) is 12.5. The Morgan fingerprint density at radius 3 is 2.15 bits per heavy atom. The van der Waals surface area contributed by atoms with Crippen molar-refractivity contribution in [1.82, 2.24) is 5.32 Å². The van der Waals surface area contributed by atoms with Crippen LogP contribution in [0.2, 0.25) is 0 Å². The summed E-state index contributed by atoms with van der Waals surface area (Å²) >= 11 is 3.49. The van der Waals surface area contributed by atoms with Crippen LogP contribution in [0.3, 0.4) is 0 Å². The average molecular weight is 250 g/mol. The second-order valence-electron chi connectivity index (χ2n) is 4.39. The first-order valence-corrected chi connectivity index (χ1v) is 6.48. The molecule has 1 N–H and O–H groups in total. The Labute approximate surface area is 91.8 Å². The first-order valence-electron chi connectivity index (χ1n) is 5.36. The van der Waals surface area contributed by atoms with Crippen molar-refractivity contribution in [2.45, 2.75) is 52.5 Å². The molecule has 0 atom stereocenters. The van der Waals surface area contributed by atoms with E-state index in [1.165, 1.54) is 19.3 Å². The number of halogens is 1. The van der Waals surface area contributed by atoms with Gasteiger partial charge in [-0.1, -0.05) is 42.6 Å². The second-order valence-corrected chi connectivity index (χ2v) is 5.18. The van der Waals surface area contributed by atoms with Gasteiger partial charge in [-0.25, -0.2) is 0 Å². The van der Waals surface area contributed by atoms with E-state index in [1.807, 2.05) is 0 Å². The van der Waals surface area contributed by atoms with E-state index >= 15 is 0 Å². The average Bonchev–Trinajstić information content (AvgIpc) is 2.06. The zero-order chi connectivity index (χ0) is 10.3. The van der Waals surface area contributed by atoms with E-state index in [2.05, 4.69) is 48.9 Å². The zero-order valence-corrected chi connectivity index (χ0v) is 11.1. The summed E-state index contributed by atoms with van der Waals surface area (Å²) in [6.45, 7) is 10.3. The van der Waals surface area contributed by atoms with Gasteiger partial charge in [0.2, 0.25) is 0 Å². The third-order valence-electron chi connectivity index (χ3n) is 2.74. The van der Waals surface area contributed by atoms with E-state index in [-0.39, 0.29) is 5.54 Å². The van der Waals surface area contributed by atoms with Gasteiger partial charge in [-0.15, -0.1) is 0 Å². The Morgan fingerprint density at radius 2 is 1.77 bits per heavy atom. The van der Waals surface area contributed by atoms with Crippen molar-refractivity contribution >= 4 is 15.9 Å². The van der Waals surface area contributed by atoms with Gasteiger partial charge >= 0.3 is 0 Å². The lowest BCUT2D eigenvalue weighted by atomic mass is 9.98. The van der Waals surface area contributed by atoms with Crippen molar-refractivity contribution in [3.63, 3.8) is 0 Å². The third kappa shape index (κ3) is 6.50. The van der Waals surface area contributed by atoms with Gasteiger partial charge in [0.15, 0.2) is 0 Å². The van der Waals surface area contributed by atoms with Crippen LogP contribution in [0.15, 0.2) is 0 Å². The maximum atomic E-state index is 3.63. The Bertz CT molecular complexity index is 119. The van der Waals surface area contributed by atoms with Gasteiger partial charge < -0.3 is 5.32 Å². The lowest BCUT2D eigenvalue weighted by molar-refractivity contribution is 0.331. The van der Waals surface area contributed by atoms with E-state index < -0.39 is 0 Å². The number of hydrogen-bond acceptors (Lipinski definition) is 1. The van der Waals surface area contributed by atoms with Gasteiger partial charge in [0, 0.05) is 10.9 Å². The zero-order valence-electron chi connectivity index (χ0n) is 9.49. The summed E-state index contributed by atoms with van der Waals surface area (Å²) in [6, 6.07) is 0. The summed E-state index contributed by atoms with van der Waals surface area (Å²) in [6.07, 6.45) is 3.76. The van der Waals surface area contributed by atoms with Crippen LogP contribution in [0.25, 0.3) is 0 Å². The van der Waals surface area contributed by atoms with Gasteiger partial charge in [0.1, 0.15) is 0 Å². The van der Waals surface area contributed by atoms with Gasteiger partial charge in [-0.3, -0.25) is 0 Å². The predicted molar refractivity (Wildman–Crippen MR) is 64.6 cm³/mol. The Hall–Kier alpha value is 0.440. The quantitative estimate of drug-likeness (QED) is 0.681. The molecule has 0 fully saturated rings. The molecule has 0 aliphatic heterocycles. The van der Waals surface area contributed by atoms with Crippen LogP contribution < -0.4 is 5.32 Å². The summed E-state index contributed by atoms with van der Waals surface area (Å²) in [5, 5.41) is 4.71. The summed E-state index contributed by atoms with van der Waals surface area (Å²) in [4.78, 5) is 0. The molecular weight excluding hydrogens is 226 g/mol. The fourth-order valence-corrected chi connectivity index (χ4v) is 2.31. The molecule has 0 aromatic heterocycles. The third-order valence-corrected chi connectivity index (χ3v) is 3.14. The molecule has 0 heterocycles. The summed E-state index contributed by atoms with van der Waals surface area (Å²) < 4.78 is 0. The lowest BCUT2D eigenvalue weighted by Crippen LogP contribution is -2.42. The highest BCUT2D eigenvalue weighted by Crippen LogP contribution is 2.13. The summed E-state index contributed by atoms with van der Waals surface area (Å²) in [7, 11) is 0. The van der Waals surface area contributed by atoms with Crippen molar-refractivity contribution in [1.29, 1.82) is 0 Å². The van der Waals surface area contributed by atoms with Crippen LogP contribution in [-0.2, 0) is 0 Å². The standard InChI is InChI=1S/C11H24BrN/c1-5-10(6-2)9-13-11(3,4)7-8-12/h10,13H,5-9H2,1-4H3. The molecule has 0 aromatic carbocycles. The largest absolute Gasteiger partial charge is 0.311 e. The minimum absolute atomic E-state index is 0.284. The molecule has 0 bridgehead atoms. The molecule has 0 aliphatic carbocycles. The van der Waals surface area contributed by atoms with Gasteiger partial charge in [0.05, 0.1) is 0 Å². The second kappa shape index (κ2) is 6.83. The van der Waals surface area contributed by atoms with E-state index in [0.717, 1.165) is 17.8 Å². The highest BCUT2D eigenvalue weighted by Gasteiger charge is 2.16. The Morgan fingerprint density at radius 1 is 1.23 bits per heavy atom. The summed E-state index contributed by atoms with van der Waals surface area (Å²) in [5.41, 5.74) is 0.284. The first-order chi connectivity index (χ1) is 6.05. The van der Waals surface area contributed by atoms with Crippen molar-refractivity contribution in [2.75, 3.05) is 11.9 Å². The van der Waals surface area contributed by atoms with Gasteiger partial charge in [-0.05, 0) is 32.7 Å². The number of rotatable bonds is 7. The maximum absolute atomic E-state index is 3.63. The first kappa shape index (κ1) is 13.4. The fraction of sp³-hybridized carbons (Fsp3) is 1.00. The molecular formula is C11H24BrN.